The fourth-order valence-electron chi connectivity index (χ4n) is 2.75. The molecule has 0 saturated carbocycles. The number of halogens is 3. The number of pyridine rings is 1. The number of carbonyl (C=O) groups is 1. The molecule has 1 N–H and O–H groups in total. The average molecular weight is 416 g/mol. The van der Waals surface area contributed by atoms with Crippen molar-refractivity contribution in [1.82, 2.24) is 10.3 Å². The van der Waals surface area contributed by atoms with Crippen molar-refractivity contribution in [3.63, 3.8) is 0 Å². The lowest BCUT2D eigenvalue weighted by Gasteiger charge is -2.13. The van der Waals surface area contributed by atoms with Crippen LogP contribution in [0.5, 0.6) is 17.4 Å². The molecule has 1 amide bonds. The molecule has 0 atom stereocenters. The van der Waals surface area contributed by atoms with Crippen LogP contribution < -0.4 is 14.8 Å². The summed E-state index contributed by atoms with van der Waals surface area (Å²) in [5.74, 6) is -0.926. The van der Waals surface area contributed by atoms with Gasteiger partial charge in [0.2, 0.25) is 5.88 Å². The maximum atomic E-state index is 12.5. The third kappa shape index (κ3) is 5.73. The molecular weight excluding hydrogens is 397 g/mol. The van der Waals surface area contributed by atoms with Gasteiger partial charge in [0.25, 0.3) is 5.91 Å². The molecule has 3 aromatic rings. The van der Waals surface area contributed by atoms with Gasteiger partial charge in [-0.25, -0.2) is 4.98 Å². The Balaban J connectivity index is 1.64. The Bertz CT molecular complexity index is 1030. The van der Waals surface area contributed by atoms with Gasteiger partial charge in [-0.2, -0.15) is 0 Å². The minimum absolute atomic E-state index is 0.0270. The molecule has 1 heterocycles. The highest BCUT2D eigenvalue weighted by atomic mass is 19.4. The lowest BCUT2D eigenvalue weighted by atomic mass is 10.1. The largest absolute Gasteiger partial charge is 0.573 e. The number of benzene rings is 2. The molecule has 1 aromatic heterocycles. The Morgan fingerprint density at radius 3 is 2.40 bits per heavy atom. The molecule has 0 bridgehead atoms. The second kappa shape index (κ2) is 8.86. The van der Waals surface area contributed by atoms with Gasteiger partial charge in [-0.05, 0) is 43.2 Å². The van der Waals surface area contributed by atoms with E-state index in [9.17, 15) is 18.0 Å². The van der Waals surface area contributed by atoms with E-state index >= 15 is 0 Å². The minimum atomic E-state index is -4.84. The Kier molecular flexibility index (Phi) is 6.25. The van der Waals surface area contributed by atoms with Gasteiger partial charge in [-0.1, -0.05) is 35.9 Å². The van der Waals surface area contributed by atoms with Crippen molar-refractivity contribution in [1.29, 1.82) is 0 Å². The first kappa shape index (κ1) is 21.2. The highest BCUT2D eigenvalue weighted by Crippen LogP contribution is 2.34. The second-order valence-electron chi connectivity index (χ2n) is 6.59. The normalized spacial score (nSPS) is 11.1. The van der Waals surface area contributed by atoms with Crippen LogP contribution in [0, 0.1) is 13.8 Å². The van der Waals surface area contributed by atoms with Crippen LogP contribution in [-0.4, -0.2) is 17.3 Å². The summed E-state index contributed by atoms with van der Waals surface area (Å²) in [5, 5.41) is 2.81. The number of aromatic nitrogens is 1. The van der Waals surface area contributed by atoms with Crippen LogP contribution in [-0.2, 0) is 6.54 Å². The standard InChI is InChI=1S/C22H19F3N2O3/c1-14-7-8-16(15(2)11-14)12-27-21(28)17-9-10-20(26-13-17)29-18-5-3-4-6-19(18)30-22(23,24)25/h3-11,13H,12H2,1-2H3,(H,27,28). The quantitative estimate of drug-likeness (QED) is 0.591. The van der Waals surface area contributed by atoms with E-state index in [-0.39, 0.29) is 17.5 Å². The topological polar surface area (TPSA) is 60.5 Å². The lowest BCUT2D eigenvalue weighted by molar-refractivity contribution is -0.275. The van der Waals surface area contributed by atoms with Gasteiger partial charge < -0.3 is 14.8 Å². The first-order valence-electron chi connectivity index (χ1n) is 9.04. The zero-order valence-corrected chi connectivity index (χ0v) is 16.3. The number of amides is 1. The Labute approximate surface area is 171 Å². The summed E-state index contributed by atoms with van der Waals surface area (Å²) in [7, 11) is 0. The number of nitrogens with zero attached hydrogens (tertiary/aromatic N) is 1. The molecule has 0 radical (unpaired) electrons. The van der Waals surface area contributed by atoms with E-state index in [2.05, 4.69) is 15.0 Å². The highest BCUT2D eigenvalue weighted by molar-refractivity contribution is 5.93. The summed E-state index contributed by atoms with van der Waals surface area (Å²) in [6.45, 7) is 4.34. The highest BCUT2D eigenvalue weighted by Gasteiger charge is 2.32. The van der Waals surface area contributed by atoms with Crippen molar-refractivity contribution in [2.75, 3.05) is 0 Å². The van der Waals surface area contributed by atoms with E-state index in [1.807, 2.05) is 32.0 Å². The van der Waals surface area contributed by atoms with E-state index in [0.29, 0.717) is 12.1 Å². The fourth-order valence-corrected chi connectivity index (χ4v) is 2.75. The number of ether oxygens (including phenoxy) is 2. The lowest BCUT2D eigenvalue weighted by Crippen LogP contribution is -2.23. The first-order valence-corrected chi connectivity index (χ1v) is 9.04. The van der Waals surface area contributed by atoms with E-state index in [1.165, 1.54) is 36.5 Å². The number of hydrogen-bond donors (Lipinski definition) is 1. The van der Waals surface area contributed by atoms with Crippen LogP contribution in [0.15, 0.2) is 60.8 Å². The summed E-state index contributed by atoms with van der Waals surface area (Å²) in [6, 6.07) is 14.2. The second-order valence-corrected chi connectivity index (χ2v) is 6.59. The number of rotatable bonds is 6. The minimum Gasteiger partial charge on any atom is -0.435 e. The number of aryl methyl sites for hydroxylation is 2. The van der Waals surface area contributed by atoms with Crippen molar-refractivity contribution < 1.29 is 27.4 Å². The predicted molar refractivity (Wildman–Crippen MR) is 105 cm³/mol. The van der Waals surface area contributed by atoms with Crippen molar-refractivity contribution in [3.8, 4) is 17.4 Å². The molecule has 8 heteroatoms. The first-order chi connectivity index (χ1) is 14.2. The summed E-state index contributed by atoms with van der Waals surface area (Å²) in [6.07, 6.45) is -3.55. The molecule has 0 saturated heterocycles. The summed E-state index contributed by atoms with van der Waals surface area (Å²) < 4.78 is 46.8. The fraction of sp³-hybridized carbons (Fsp3) is 0.182. The Hall–Kier alpha value is -3.55. The van der Waals surface area contributed by atoms with E-state index in [4.69, 9.17) is 4.74 Å². The van der Waals surface area contributed by atoms with E-state index in [1.54, 1.807) is 0 Å². The molecule has 0 aliphatic heterocycles. The molecule has 156 valence electrons. The van der Waals surface area contributed by atoms with Gasteiger partial charge in [0, 0.05) is 18.8 Å². The maximum absolute atomic E-state index is 12.5. The number of alkyl halides is 3. The van der Waals surface area contributed by atoms with Crippen molar-refractivity contribution in [2.24, 2.45) is 0 Å². The average Bonchev–Trinajstić information content (AvgIpc) is 2.68. The van der Waals surface area contributed by atoms with Gasteiger partial charge in [-0.3, -0.25) is 4.79 Å². The van der Waals surface area contributed by atoms with Gasteiger partial charge in [0.15, 0.2) is 11.5 Å². The van der Waals surface area contributed by atoms with Crippen molar-refractivity contribution in [3.05, 3.63) is 83.0 Å². The molecule has 0 fully saturated rings. The van der Waals surface area contributed by atoms with Crippen LogP contribution in [0.25, 0.3) is 0 Å². The van der Waals surface area contributed by atoms with Crippen molar-refractivity contribution >= 4 is 5.91 Å². The molecule has 0 unspecified atom stereocenters. The molecule has 0 spiro atoms. The van der Waals surface area contributed by atoms with E-state index < -0.39 is 12.1 Å². The third-order valence-corrected chi connectivity index (χ3v) is 4.23. The van der Waals surface area contributed by atoms with Crippen LogP contribution in [0.3, 0.4) is 0 Å². The zero-order valence-electron chi connectivity index (χ0n) is 16.3. The number of carbonyl (C=O) groups excluding carboxylic acids is 1. The van der Waals surface area contributed by atoms with E-state index in [0.717, 1.165) is 22.8 Å². The maximum Gasteiger partial charge on any atom is 0.573 e. The molecule has 0 aliphatic carbocycles. The molecular formula is C22H19F3N2O3. The SMILES string of the molecule is Cc1ccc(CNC(=O)c2ccc(Oc3ccccc3OC(F)(F)F)nc2)c(C)c1. The van der Waals surface area contributed by atoms with Crippen LogP contribution in [0.1, 0.15) is 27.0 Å². The van der Waals surface area contributed by atoms with Gasteiger partial charge in [-0.15, -0.1) is 13.2 Å². The van der Waals surface area contributed by atoms with Crippen LogP contribution >= 0.6 is 0 Å². The van der Waals surface area contributed by atoms with Gasteiger partial charge in [0.1, 0.15) is 0 Å². The van der Waals surface area contributed by atoms with Gasteiger partial charge >= 0.3 is 6.36 Å². The van der Waals surface area contributed by atoms with Crippen LogP contribution in [0.4, 0.5) is 13.2 Å². The van der Waals surface area contributed by atoms with Crippen molar-refractivity contribution in [2.45, 2.75) is 26.8 Å². The summed E-state index contributed by atoms with van der Waals surface area (Å²) >= 11 is 0. The number of hydrogen-bond acceptors (Lipinski definition) is 4. The smallest absolute Gasteiger partial charge is 0.435 e. The number of para-hydroxylation sites is 2. The third-order valence-electron chi connectivity index (χ3n) is 4.23. The summed E-state index contributed by atoms with van der Waals surface area (Å²) in [5.41, 5.74) is 3.52. The monoisotopic (exact) mass is 416 g/mol. The summed E-state index contributed by atoms with van der Waals surface area (Å²) in [4.78, 5) is 16.3. The Morgan fingerprint density at radius 2 is 1.77 bits per heavy atom. The zero-order chi connectivity index (χ0) is 21.7. The molecule has 2 aromatic carbocycles. The van der Waals surface area contributed by atoms with Gasteiger partial charge in [0.05, 0.1) is 5.56 Å². The predicted octanol–water partition coefficient (Wildman–Crippen LogP) is 5.32. The molecule has 30 heavy (non-hydrogen) atoms. The molecule has 0 aliphatic rings. The number of nitrogens with one attached hydrogen (secondary N) is 1. The molecule has 5 nitrogen and oxygen atoms in total. The molecule has 3 rings (SSSR count). The van der Waals surface area contributed by atoms with Crippen LogP contribution in [0.2, 0.25) is 0 Å². The Morgan fingerprint density at radius 1 is 1.03 bits per heavy atom.